The molecule has 1 aromatic carbocycles. The molecular formula is C10H10BrNO2. The van der Waals surface area contributed by atoms with Crippen LogP contribution in [0.3, 0.4) is 0 Å². The van der Waals surface area contributed by atoms with Crippen LogP contribution in [0.1, 0.15) is 5.56 Å². The molecule has 0 aromatic heterocycles. The van der Waals surface area contributed by atoms with Crippen LogP contribution >= 0.6 is 15.9 Å². The van der Waals surface area contributed by atoms with E-state index in [9.17, 15) is 0 Å². The Morgan fingerprint density at radius 3 is 2.93 bits per heavy atom. The molecule has 0 unspecified atom stereocenters. The third kappa shape index (κ3) is 2.88. The zero-order valence-electron chi connectivity index (χ0n) is 7.48. The summed E-state index contributed by atoms with van der Waals surface area (Å²) >= 11 is 3.34. The van der Waals surface area contributed by atoms with Gasteiger partial charge in [0.2, 0.25) is 0 Å². The van der Waals surface area contributed by atoms with Crippen molar-refractivity contribution in [3.8, 4) is 5.75 Å². The molecule has 0 aliphatic carbocycles. The molecule has 1 N–H and O–H groups in total. The Bertz CT molecular complexity index is 350. The van der Waals surface area contributed by atoms with Crippen molar-refractivity contribution in [2.45, 2.75) is 0 Å². The van der Waals surface area contributed by atoms with E-state index in [1.165, 1.54) is 6.21 Å². The second kappa shape index (κ2) is 5.44. The van der Waals surface area contributed by atoms with E-state index in [1.807, 2.05) is 0 Å². The van der Waals surface area contributed by atoms with Crippen LogP contribution in [-0.4, -0.2) is 18.0 Å². The molecule has 0 aliphatic rings. The summed E-state index contributed by atoms with van der Waals surface area (Å²) in [4.78, 5) is 0. The summed E-state index contributed by atoms with van der Waals surface area (Å²) in [7, 11) is 0. The van der Waals surface area contributed by atoms with E-state index in [4.69, 9.17) is 9.94 Å². The second-order valence-electron chi connectivity index (χ2n) is 2.53. The minimum absolute atomic E-state index is 0.464. The topological polar surface area (TPSA) is 41.8 Å². The van der Waals surface area contributed by atoms with Crippen LogP contribution in [0.25, 0.3) is 0 Å². The third-order valence-electron chi connectivity index (χ3n) is 1.52. The quantitative estimate of drug-likeness (QED) is 0.389. The largest absolute Gasteiger partial charge is 0.488 e. The van der Waals surface area contributed by atoms with Gasteiger partial charge in [-0.1, -0.05) is 17.8 Å². The lowest BCUT2D eigenvalue weighted by molar-refractivity contribution is 0.322. The summed E-state index contributed by atoms with van der Waals surface area (Å²) in [6.45, 7) is 4.02. The van der Waals surface area contributed by atoms with Crippen LogP contribution in [-0.2, 0) is 0 Å². The zero-order chi connectivity index (χ0) is 10.4. The smallest absolute Gasteiger partial charge is 0.133 e. The summed E-state index contributed by atoms with van der Waals surface area (Å²) < 4.78 is 6.16. The van der Waals surface area contributed by atoms with Crippen molar-refractivity contribution in [2.75, 3.05) is 6.61 Å². The normalized spacial score (nSPS) is 10.4. The summed E-state index contributed by atoms with van der Waals surface area (Å²) in [6.07, 6.45) is 3.03. The van der Waals surface area contributed by atoms with E-state index in [0.717, 1.165) is 15.8 Å². The van der Waals surface area contributed by atoms with Crippen LogP contribution in [0.15, 0.2) is 40.5 Å². The summed E-state index contributed by atoms with van der Waals surface area (Å²) in [5.74, 6) is 0.736. The monoisotopic (exact) mass is 255 g/mol. The average molecular weight is 256 g/mol. The van der Waals surface area contributed by atoms with Crippen LogP contribution in [0.4, 0.5) is 0 Å². The van der Waals surface area contributed by atoms with Crippen LogP contribution in [0.2, 0.25) is 0 Å². The minimum Gasteiger partial charge on any atom is -0.488 e. The molecule has 0 amide bonds. The molecule has 3 nitrogen and oxygen atoms in total. The van der Waals surface area contributed by atoms with Gasteiger partial charge in [-0.25, -0.2) is 0 Å². The molecule has 1 aromatic rings. The van der Waals surface area contributed by atoms with Gasteiger partial charge >= 0.3 is 0 Å². The Labute approximate surface area is 90.8 Å². The summed E-state index contributed by atoms with van der Waals surface area (Å²) in [5.41, 5.74) is 0.797. The molecule has 0 fully saturated rings. The molecule has 0 atom stereocenters. The van der Waals surface area contributed by atoms with Gasteiger partial charge in [0.25, 0.3) is 0 Å². The van der Waals surface area contributed by atoms with Gasteiger partial charge < -0.3 is 9.94 Å². The van der Waals surface area contributed by atoms with Crippen molar-refractivity contribution in [3.05, 3.63) is 40.9 Å². The Hall–Kier alpha value is -1.29. The molecule has 74 valence electrons. The maximum Gasteiger partial charge on any atom is 0.133 e. The molecule has 0 saturated heterocycles. The predicted octanol–water partition coefficient (Wildman–Crippen LogP) is 2.82. The third-order valence-corrected chi connectivity index (χ3v) is 2.14. The Morgan fingerprint density at radius 1 is 1.57 bits per heavy atom. The summed E-state index contributed by atoms with van der Waals surface area (Å²) in [5, 5.41) is 11.3. The number of hydrogen-bond donors (Lipinski definition) is 1. The van der Waals surface area contributed by atoms with E-state index < -0.39 is 0 Å². The maximum absolute atomic E-state index is 8.33. The highest BCUT2D eigenvalue weighted by Crippen LogP contribution is 2.25. The number of benzene rings is 1. The maximum atomic E-state index is 8.33. The lowest BCUT2D eigenvalue weighted by Crippen LogP contribution is -1.94. The van der Waals surface area contributed by atoms with E-state index in [-0.39, 0.29) is 0 Å². The second-order valence-corrected chi connectivity index (χ2v) is 3.39. The first-order valence-electron chi connectivity index (χ1n) is 3.98. The highest BCUT2D eigenvalue weighted by Gasteiger charge is 2.00. The molecule has 0 aliphatic heterocycles. The fourth-order valence-corrected chi connectivity index (χ4v) is 1.44. The van der Waals surface area contributed by atoms with Crippen LogP contribution < -0.4 is 4.74 Å². The first-order valence-corrected chi connectivity index (χ1v) is 4.78. The Kier molecular flexibility index (Phi) is 4.19. The standard InChI is InChI=1S/C10H10BrNO2/c1-2-5-14-10-4-3-8(7-12-13)6-9(10)11/h2-4,6-7,13H,1,5H2/b12-7-. The van der Waals surface area contributed by atoms with Gasteiger partial charge in [-0.15, -0.1) is 0 Å². The van der Waals surface area contributed by atoms with Gasteiger partial charge in [-0.05, 0) is 39.7 Å². The molecule has 0 radical (unpaired) electrons. The van der Waals surface area contributed by atoms with Gasteiger partial charge in [0.05, 0.1) is 10.7 Å². The first kappa shape index (κ1) is 10.8. The number of halogens is 1. The van der Waals surface area contributed by atoms with Crippen molar-refractivity contribution in [3.63, 3.8) is 0 Å². The molecule has 14 heavy (non-hydrogen) atoms. The van der Waals surface area contributed by atoms with Crippen LogP contribution in [0.5, 0.6) is 5.75 Å². The highest BCUT2D eigenvalue weighted by atomic mass is 79.9. The fraction of sp³-hybridized carbons (Fsp3) is 0.100. The van der Waals surface area contributed by atoms with Crippen molar-refractivity contribution in [1.82, 2.24) is 0 Å². The lowest BCUT2D eigenvalue weighted by atomic mass is 10.2. The molecular weight excluding hydrogens is 246 g/mol. The van der Waals surface area contributed by atoms with Gasteiger partial charge in [0.15, 0.2) is 0 Å². The van der Waals surface area contributed by atoms with Gasteiger partial charge in [-0.3, -0.25) is 0 Å². The first-order chi connectivity index (χ1) is 6.77. The molecule has 0 bridgehead atoms. The molecule has 4 heteroatoms. The number of ether oxygens (including phenoxy) is 1. The number of oxime groups is 1. The molecule has 0 saturated carbocycles. The molecule has 1 rings (SSSR count). The highest BCUT2D eigenvalue weighted by molar-refractivity contribution is 9.10. The molecule has 0 spiro atoms. The van der Waals surface area contributed by atoms with Crippen molar-refractivity contribution in [1.29, 1.82) is 0 Å². The summed E-state index contributed by atoms with van der Waals surface area (Å²) in [6, 6.07) is 5.39. The van der Waals surface area contributed by atoms with Gasteiger partial charge in [-0.2, -0.15) is 0 Å². The zero-order valence-corrected chi connectivity index (χ0v) is 9.07. The van der Waals surface area contributed by atoms with E-state index in [0.29, 0.717) is 6.61 Å². The van der Waals surface area contributed by atoms with E-state index >= 15 is 0 Å². The van der Waals surface area contributed by atoms with Crippen LogP contribution in [0, 0.1) is 0 Å². The van der Waals surface area contributed by atoms with Crippen molar-refractivity contribution >= 4 is 22.1 Å². The number of rotatable bonds is 4. The van der Waals surface area contributed by atoms with E-state index in [2.05, 4.69) is 27.7 Å². The average Bonchev–Trinajstić information content (AvgIpc) is 2.17. The minimum atomic E-state index is 0.464. The number of nitrogens with zero attached hydrogens (tertiary/aromatic N) is 1. The Morgan fingerprint density at radius 2 is 2.36 bits per heavy atom. The lowest BCUT2D eigenvalue weighted by Gasteiger charge is -2.05. The SMILES string of the molecule is C=CCOc1ccc(/C=N\O)cc1Br. The molecule has 0 heterocycles. The van der Waals surface area contributed by atoms with Gasteiger partial charge in [0.1, 0.15) is 12.4 Å². The number of hydrogen-bond acceptors (Lipinski definition) is 3. The Balaban J connectivity index is 2.83. The van der Waals surface area contributed by atoms with E-state index in [1.54, 1.807) is 24.3 Å². The fourth-order valence-electron chi connectivity index (χ4n) is 0.930. The van der Waals surface area contributed by atoms with Gasteiger partial charge in [0, 0.05) is 0 Å². The van der Waals surface area contributed by atoms with Crippen molar-refractivity contribution < 1.29 is 9.94 Å². The predicted molar refractivity (Wildman–Crippen MR) is 59.2 cm³/mol. The van der Waals surface area contributed by atoms with Crippen molar-refractivity contribution in [2.24, 2.45) is 5.16 Å².